The van der Waals surface area contributed by atoms with Crippen molar-refractivity contribution in [1.29, 1.82) is 0 Å². The third-order valence-corrected chi connectivity index (χ3v) is 2.35. The summed E-state index contributed by atoms with van der Waals surface area (Å²) in [7, 11) is 0. The van der Waals surface area contributed by atoms with E-state index in [1.54, 1.807) is 4.90 Å². The molecule has 0 fully saturated rings. The number of anilines is 1. The number of hydrogen-bond donors (Lipinski definition) is 0. The van der Waals surface area contributed by atoms with Crippen LogP contribution in [0.15, 0.2) is 42.7 Å². The summed E-state index contributed by atoms with van der Waals surface area (Å²) in [6, 6.07) is 9.27. The van der Waals surface area contributed by atoms with Crippen LogP contribution in [0.5, 0.6) is 0 Å². The number of carbonyl (C=O) groups excluding carboxylic acids is 1. The topological polar surface area (TPSA) is 51.0 Å². The van der Waals surface area contributed by atoms with Gasteiger partial charge in [0.1, 0.15) is 0 Å². The van der Waals surface area contributed by atoms with E-state index >= 15 is 0 Å². The van der Waals surface area contributed by atoms with Crippen LogP contribution in [0.25, 0.3) is 0 Å². The molecule has 5 nitrogen and oxygen atoms in total. The SMILES string of the molecule is CC(C)N(C(=O)n1nccn1)c1ccccc1. The molecule has 0 unspecified atom stereocenters. The molecule has 0 N–H and O–H groups in total. The van der Waals surface area contributed by atoms with Gasteiger partial charge in [-0.1, -0.05) is 23.0 Å². The van der Waals surface area contributed by atoms with E-state index in [1.165, 1.54) is 12.4 Å². The minimum absolute atomic E-state index is 0.0379. The first-order chi connectivity index (χ1) is 8.20. The van der Waals surface area contributed by atoms with Gasteiger partial charge in [-0.2, -0.15) is 10.2 Å². The number of aromatic nitrogens is 3. The first-order valence-electron chi connectivity index (χ1n) is 5.45. The Morgan fingerprint density at radius 2 is 1.76 bits per heavy atom. The van der Waals surface area contributed by atoms with Crippen LogP contribution in [0, 0.1) is 0 Å². The highest BCUT2D eigenvalue weighted by atomic mass is 16.2. The number of amides is 1. The van der Waals surface area contributed by atoms with Gasteiger partial charge in [0.2, 0.25) is 0 Å². The van der Waals surface area contributed by atoms with Crippen molar-refractivity contribution in [2.75, 3.05) is 4.90 Å². The molecule has 0 spiro atoms. The first kappa shape index (κ1) is 11.3. The Morgan fingerprint density at radius 1 is 1.18 bits per heavy atom. The molecule has 0 aliphatic heterocycles. The highest BCUT2D eigenvalue weighted by Crippen LogP contribution is 2.17. The van der Waals surface area contributed by atoms with E-state index in [1.807, 2.05) is 44.2 Å². The van der Waals surface area contributed by atoms with E-state index in [4.69, 9.17) is 0 Å². The summed E-state index contributed by atoms with van der Waals surface area (Å²) in [5.74, 6) is 0. The van der Waals surface area contributed by atoms with Gasteiger partial charge in [0.15, 0.2) is 0 Å². The van der Waals surface area contributed by atoms with Crippen molar-refractivity contribution in [3.8, 4) is 0 Å². The molecule has 1 aromatic carbocycles. The predicted octanol–water partition coefficient (Wildman–Crippen LogP) is 2.16. The van der Waals surface area contributed by atoms with Crippen LogP contribution < -0.4 is 4.90 Å². The number of benzene rings is 1. The lowest BCUT2D eigenvalue weighted by atomic mass is 10.2. The smallest absolute Gasteiger partial charge is 0.289 e. The van der Waals surface area contributed by atoms with Gasteiger partial charge < -0.3 is 0 Å². The molecule has 17 heavy (non-hydrogen) atoms. The fourth-order valence-electron chi connectivity index (χ4n) is 1.63. The highest BCUT2D eigenvalue weighted by Gasteiger charge is 2.21. The number of carbonyl (C=O) groups is 1. The molecule has 0 radical (unpaired) electrons. The Hall–Kier alpha value is -2.17. The third-order valence-electron chi connectivity index (χ3n) is 2.35. The largest absolute Gasteiger partial charge is 0.366 e. The molecule has 0 atom stereocenters. The monoisotopic (exact) mass is 230 g/mol. The van der Waals surface area contributed by atoms with Crippen LogP contribution in [0.4, 0.5) is 10.5 Å². The molecule has 1 amide bonds. The van der Waals surface area contributed by atoms with E-state index < -0.39 is 0 Å². The van der Waals surface area contributed by atoms with E-state index in [2.05, 4.69) is 10.2 Å². The first-order valence-corrected chi connectivity index (χ1v) is 5.45. The summed E-state index contributed by atoms with van der Waals surface area (Å²) in [6.45, 7) is 3.91. The zero-order valence-electron chi connectivity index (χ0n) is 9.82. The molecule has 88 valence electrons. The van der Waals surface area contributed by atoms with Gasteiger partial charge >= 0.3 is 6.03 Å². The van der Waals surface area contributed by atoms with E-state index in [9.17, 15) is 4.79 Å². The average Bonchev–Trinajstić information content (AvgIpc) is 2.83. The van der Waals surface area contributed by atoms with E-state index in [0.717, 1.165) is 10.5 Å². The molecule has 2 rings (SSSR count). The molecule has 1 aromatic heterocycles. The van der Waals surface area contributed by atoms with Crippen LogP contribution in [0.2, 0.25) is 0 Å². The lowest BCUT2D eigenvalue weighted by Crippen LogP contribution is -2.40. The molecule has 2 aromatic rings. The average molecular weight is 230 g/mol. The Morgan fingerprint density at radius 3 is 2.29 bits per heavy atom. The zero-order chi connectivity index (χ0) is 12.3. The normalized spacial score (nSPS) is 10.5. The number of para-hydroxylation sites is 1. The number of nitrogens with zero attached hydrogens (tertiary/aromatic N) is 4. The van der Waals surface area contributed by atoms with Crippen molar-refractivity contribution in [2.45, 2.75) is 19.9 Å². The predicted molar refractivity (Wildman–Crippen MR) is 64.9 cm³/mol. The second-order valence-corrected chi connectivity index (χ2v) is 3.90. The second-order valence-electron chi connectivity index (χ2n) is 3.90. The fraction of sp³-hybridized carbons (Fsp3) is 0.250. The van der Waals surface area contributed by atoms with Crippen molar-refractivity contribution >= 4 is 11.7 Å². The van der Waals surface area contributed by atoms with Gasteiger partial charge in [0.25, 0.3) is 0 Å². The summed E-state index contributed by atoms with van der Waals surface area (Å²) in [6.07, 6.45) is 2.98. The van der Waals surface area contributed by atoms with Crippen LogP contribution in [0.1, 0.15) is 13.8 Å². The summed E-state index contributed by atoms with van der Waals surface area (Å²) < 4.78 is 0. The molecule has 0 bridgehead atoms. The van der Waals surface area contributed by atoms with Crippen molar-refractivity contribution in [3.05, 3.63) is 42.7 Å². The molecule has 5 heteroatoms. The maximum atomic E-state index is 12.2. The molecule has 0 aliphatic carbocycles. The zero-order valence-corrected chi connectivity index (χ0v) is 9.82. The molecular formula is C12H14N4O. The van der Waals surface area contributed by atoms with E-state index in [0.29, 0.717) is 0 Å². The maximum Gasteiger partial charge on any atom is 0.366 e. The van der Waals surface area contributed by atoms with Gasteiger partial charge in [-0.05, 0) is 26.0 Å². The van der Waals surface area contributed by atoms with Gasteiger partial charge in [-0.3, -0.25) is 4.90 Å². The Kier molecular flexibility index (Phi) is 3.18. The quantitative estimate of drug-likeness (QED) is 0.794. The van der Waals surface area contributed by atoms with Gasteiger partial charge in [0.05, 0.1) is 12.4 Å². The minimum atomic E-state index is -0.254. The van der Waals surface area contributed by atoms with Crippen molar-refractivity contribution in [1.82, 2.24) is 15.0 Å². The molecule has 0 aliphatic rings. The summed E-state index contributed by atoms with van der Waals surface area (Å²) in [5, 5.41) is 7.72. The fourth-order valence-corrected chi connectivity index (χ4v) is 1.63. The molecular weight excluding hydrogens is 216 g/mol. The van der Waals surface area contributed by atoms with Gasteiger partial charge in [-0.15, -0.1) is 0 Å². The van der Waals surface area contributed by atoms with Crippen LogP contribution in [0.3, 0.4) is 0 Å². The van der Waals surface area contributed by atoms with Crippen LogP contribution >= 0.6 is 0 Å². The van der Waals surface area contributed by atoms with Crippen molar-refractivity contribution in [3.63, 3.8) is 0 Å². The van der Waals surface area contributed by atoms with Gasteiger partial charge in [-0.25, -0.2) is 4.79 Å². The summed E-state index contributed by atoms with van der Waals surface area (Å²) in [4.78, 5) is 15.0. The second kappa shape index (κ2) is 4.78. The summed E-state index contributed by atoms with van der Waals surface area (Å²) in [5.41, 5.74) is 0.838. The maximum absolute atomic E-state index is 12.2. The highest BCUT2D eigenvalue weighted by molar-refractivity contribution is 5.92. The Bertz CT molecular complexity index is 478. The Labute approximate surface area is 99.7 Å². The lowest BCUT2D eigenvalue weighted by molar-refractivity contribution is 0.240. The number of rotatable bonds is 2. The van der Waals surface area contributed by atoms with Crippen LogP contribution in [-0.2, 0) is 0 Å². The lowest BCUT2D eigenvalue weighted by Gasteiger charge is -2.25. The van der Waals surface area contributed by atoms with E-state index in [-0.39, 0.29) is 12.1 Å². The standard InChI is InChI=1S/C12H14N4O/c1-10(2)15(11-6-4-3-5-7-11)12(17)16-13-8-9-14-16/h3-10H,1-2H3. The molecule has 0 saturated heterocycles. The number of hydrogen-bond acceptors (Lipinski definition) is 3. The van der Waals surface area contributed by atoms with Gasteiger partial charge in [0, 0.05) is 11.7 Å². The van der Waals surface area contributed by atoms with Crippen LogP contribution in [-0.4, -0.2) is 27.1 Å². The minimum Gasteiger partial charge on any atom is -0.289 e. The van der Waals surface area contributed by atoms with Crippen molar-refractivity contribution in [2.24, 2.45) is 0 Å². The molecule has 1 heterocycles. The summed E-state index contributed by atoms with van der Waals surface area (Å²) >= 11 is 0. The van der Waals surface area contributed by atoms with Crippen molar-refractivity contribution < 1.29 is 4.79 Å². The Balaban J connectivity index is 2.34. The third kappa shape index (κ3) is 2.33. The molecule has 0 saturated carbocycles.